The van der Waals surface area contributed by atoms with Crippen molar-refractivity contribution in [1.29, 1.82) is 0 Å². The molecule has 0 saturated carbocycles. The Morgan fingerprint density at radius 1 is 0.655 bits per heavy atom. The molecule has 4 aliphatic carbocycles. The van der Waals surface area contributed by atoms with E-state index in [2.05, 4.69) is 12.1 Å². The second-order valence-corrected chi connectivity index (χ2v) is 8.49. The Bertz CT molecular complexity index is 1080. The van der Waals surface area contributed by atoms with E-state index in [-0.39, 0.29) is 16.4 Å². The highest BCUT2D eigenvalue weighted by Crippen LogP contribution is 2.39. The van der Waals surface area contributed by atoms with E-state index in [1.54, 1.807) is 0 Å². The monoisotopic (exact) mass is 389 g/mol. The summed E-state index contributed by atoms with van der Waals surface area (Å²) in [5, 5.41) is 11.1. The second-order valence-electron chi connectivity index (χ2n) is 8.49. The summed E-state index contributed by atoms with van der Waals surface area (Å²) < 4.78 is 0. The molecule has 2 aromatic rings. The number of carbonyl (C=O) groups is 2. The fraction of sp³-hybridized carbons (Fsp3) is 0.417. The van der Waals surface area contributed by atoms with Gasteiger partial charge in [0.15, 0.2) is 11.6 Å². The summed E-state index contributed by atoms with van der Waals surface area (Å²) in [5.74, 6) is 0.293. The number of rotatable bonds is 1. The Hall–Kier alpha value is -2.82. The minimum Gasteiger partial charge on any atom is -0.294 e. The van der Waals surface area contributed by atoms with Crippen LogP contribution in [0.15, 0.2) is 18.2 Å². The van der Waals surface area contributed by atoms with Crippen LogP contribution >= 0.6 is 0 Å². The minimum absolute atomic E-state index is 0.0589. The number of ketones is 2. The first-order valence-electron chi connectivity index (χ1n) is 10.6. The summed E-state index contributed by atoms with van der Waals surface area (Å²) in [6, 6.07) is 6.42. The molecule has 6 rings (SSSR count). The molecule has 0 bridgehead atoms. The molecule has 2 aromatic carbocycles. The highest BCUT2D eigenvalue weighted by Gasteiger charge is 2.35. The lowest BCUT2D eigenvalue weighted by atomic mass is 9.99. The minimum atomic E-state index is -0.369. The van der Waals surface area contributed by atoms with E-state index < -0.39 is 0 Å². The molecule has 0 heterocycles. The van der Waals surface area contributed by atoms with E-state index in [0.717, 1.165) is 54.4 Å². The number of aryl methyl sites for hydroxylation is 5. The number of nitrogens with zero attached hydrogens (tertiary/aromatic N) is 1. The van der Waals surface area contributed by atoms with Crippen molar-refractivity contribution in [2.24, 2.45) is 0 Å². The van der Waals surface area contributed by atoms with Crippen LogP contribution in [0.5, 0.6) is 0 Å². The first kappa shape index (κ1) is 18.2. The number of benzene rings is 2. The second kappa shape index (κ2) is 6.90. The van der Waals surface area contributed by atoms with Gasteiger partial charge in [-0.25, -0.2) is 0 Å². The molecule has 4 aliphatic rings. The van der Waals surface area contributed by atoms with Crippen LogP contribution in [-0.4, -0.2) is 16.5 Å². The Kier molecular flexibility index (Phi) is 4.34. The maximum absolute atomic E-state index is 11.7. The molecule has 0 aliphatic heterocycles. The fourth-order valence-electron chi connectivity index (χ4n) is 5.39. The van der Waals surface area contributed by atoms with E-state index in [9.17, 15) is 19.7 Å². The quantitative estimate of drug-likeness (QED) is 0.531. The van der Waals surface area contributed by atoms with Crippen molar-refractivity contribution in [2.45, 2.75) is 64.2 Å². The molecule has 0 fully saturated rings. The highest BCUT2D eigenvalue weighted by atomic mass is 16.6. The van der Waals surface area contributed by atoms with Crippen molar-refractivity contribution < 1.29 is 14.5 Å². The lowest BCUT2D eigenvalue weighted by Gasteiger charge is -2.06. The summed E-state index contributed by atoms with van der Waals surface area (Å²) in [4.78, 5) is 33.9. The Labute approximate surface area is 169 Å². The SMILES string of the molecule is O=C1CCc2cc3c(c([N+](=O)[O-])c21)CCC3.O=C1CCc2cc3c(cc21)CCC3. The zero-order valence-corrected chi connectivity index (χ0v) is 16.4. The number of hydrogen-bond donors (Lipinski definition) is 0. The predicted molar refractivity (Wildman–Crippen MR) is 109 cm³/mol. The number of Topliss-reactive ketones (excluding diaryl/α,β-unsaturated/α-hetero) is 2. The molecular formula is C24H23NO4. The topological polar surface area (TPSA) is 77.3 Å². The van der Waals surface area contributed by atoms with Gasteiger partial charge >= 0.3 is 0 Å². The van der Waals surface area contributed by atoms with Crippen LogP contribution in [0.25, 0.3) is 0 Å². The Balaban J connectivity index is 0.000000128. The van der Waals surface area contributed by atoms with Gasteiger partial charge in [-0.1, -0.05) is 12.1 Å². The number of carbonyl (C=O) groups excluding carboxylic acids is 2. The van der Waals surface area contributed by atoms with Gasteiger partial charge in [0.05, 0.1) is 10.5 Å². The van der Waals surface area contributed by atoms with Gasteiger partial charge in [-0.05, 0) is 85.3 Å². The van der Waals surface area contributed by atoms with Gasteiger partial charge < -0.3 is 0 Å². The maximum Gasteiger partial charge on any atom is 0.283 e. The summed E-state index contributed by atoms with van der Waals surface area (Å²) in [7, 11) is 0. The average Bonchev–Trinajstić information content (AvgIpc) is 3.47. The fourth-order valence-corrected chi connectivity index (χ4v) is 5.39. The van der Waals surface area contributed by atoms with Crippen molar-refractivity contribution >= 4 is 17.3 Å². The molecule has 5 nitrogen and oxygen atoms in total. The third-order valence-corrected chi connectivity index (χ3v) is 6.78. The molecule has 0 saturated heterocycles. The van der Waals surface area contributed by atoms with E-state index in [0.29, 0.717) is 24.2 Å². The number of nitro groups is 1. The molecule has 29 heavy (non-hydrogen) atoms. The van der Waals surface area contributed by atoms with Gasteiger partial charge in [0.1, 0.15) is 0 Å². The predicted octanol–water partition coefficient (Wildman–Crippen LogP) is 4.52. The van der Waals surface area contributed by atoms with E-state index >= 15 is 0 Å². The van der Waals surface area contributed by atoms with Crippen LogP contribution < -0.4 is 0 Å². The Morgan fingerprint density at radius 3 is 2.07 bits per heavy atom. The van der Waals surface area contributed by atoms with Crippen molar-refractivity contribution in [1.82, 2.24) is 0 Å². The summed E-state index contributed by atoms with van der Waals surface area (Å²) >= 11 is 0. The van der Waals surface area contributed by atoms with Crippen LogP contribution in [0.2, 0.25) is 0 Å². The molecule has 0 aromatic heterocycles. The summed E-state index contributed by atoms with van der Waals surface area (Å²) in [6.45, 7) is 0. The Morgan fingerprint density at radius 2 is 1.28 bits per heavy atom. The number of fused-ring (bicyclic) bond motifs is 4. The number of nitro benzene ring substituents is 1. The van der Waals surface area contributed by atoms with E-state index in [4.69, 9.17) is 0 Å². The van der Waals surface area contributed by atoms with Crippen molar-refractivity contribution in [3.63, 3.8) is 0 Å². The molecule has 148 valence electrons. The smallest absolute Gasteiger partial charge is 0.283 e. The molecule has 0 unspecified atom stereocenters. The molecule has 0 atom stereocenters. The molecule has 0 N–H and O–H groups in total. The third-order valence-electron chi connectivity index (χ3n) is 6.78. The first-order valence-corrected chi connectivity index (χ1v) is 10.6. The highest BCUT2D eigenvalue weighted by molar-refractivity contribution is 6.04. The molecule has 0 amide bonds. The van der Waals surface area contributed by atoms with Gasteiger partial charge in [0, 0.05) is 24.0 Å². The van der Waals surface area contributed by atoms with Crippen molar-refractivity contribution in [2.75, 3.05) is 0 Å². The van der Waals surface area contributed by atoms with Crippen LogP contribution in [0.1, 0.15) is 79.8 Å². The van der Waals surface area contributed by atoms with E-state index in [1.165, 1.54) is 36.0 Å². The average molecular weight is 389 g/mol. The van der Waals surface area contributed by atoms with Gasteiger partial charge in [0.2, 0.25) is 0 Å². The zero-order valence-electron chi connectivity index (χ0n) is 16.4. The maximum atomic E-state index is 11.7. The van der Waals surface area contributed by atoms with Crippen molar-refractivity contribution in [3.8, 4) is 0 Å². The normalized spacial score (nSPS) is 18.1. The van der Waals surface area contributed by atoms with Crippen molar-refractivity contribution in [3.05, 3.63) is 72.8 Å². The third kappa shape index (κ3) is 3.00. The van der Waals surface area contributed by atoms with Crippen LogP contribution in [0, 0.1) is 10.1 Å². The largest absolute Gasteiger partial charge is 0.294 e. The van der Waals surface area contributed by atoms with Gasteiger partial charge in [-0.3, -0.25) is 19.7 Å². The molecule has 0 spiro atoms. The molecule has 5 heteroatoms. The lowest BCUT2D eigenvalue weighted by molar-refractivity contribution is -0.385. The first-order chi connectivity index (χ1) is 14.0. The van der Waals surface area contributed by atoms with Gasteiger partial charge in [-0.15, -0.1) is 0 Å². The standard InChI is InChI=1S/C12H11NO3.C12H12O/c14-10-5-4-8-6-7-2-1-3-9(7)12(11(8)10)13(15)16;13-12-5-4-10-6-8-2-1-3-9(8)7-11(10)12/h6H,1-5H2;6-7H,1-5H2. The number of hydrogen-bond acceptors (Lipinski definition) is 4. The van der Waals surface area contributed by atoms with Crippen LogP contribution in [0.3, 0.4) is 0 Å². The zero-order chi connectivity index (χ0) is 20.1. The van der Waals surface area contributed by atoms with Crippen LogP contribution in [-0.2, 0) is 38.5 Å². The lowest BCUT2D eigenvalue weighted by Crippen LogP contribution is -2.04. The summed E-state index contributed by atoms with van der Waals surface area (Å²) in [6.07, 6.45) is 9.09. The van der Waals surface area contributed by atoms with Gasteiger partial charge in [0.25, 0.3) is 5.69 Å². The van der Waals surface area contributed by atoms with Crippen LogP contribution in [0.4, 0.5) is 5.69 Å². The van der Waals surface area contributed by atoms with Gasteiger partial charge in [-0.2, -0.15) is 0 Å². The summed E-state index contributed by atoms with van der Waals surface area (Å²) in [5.41, 5.74) is 8.50. The van der Waals surface area contributed by atoms with E-state index in [1.807, 2.05) is 6.07 Å². The molecule has 0 radical (unpaired) electrons. The molecular weight excluding hydrogens is 366 g/mol.